The fourth-order valence-corrected chi connectivity index (χ4v) is 4.01. The lowest BCUT2D eigenvalue weighted by atomic mass is 9.86. The van der Waals surface area contributed by atoms with Crippen molar-refractivity contribution in [2.24, 2.45) is 0 Å². The standard InChI is InChI=1S/C28H25NO/c1-28(2,3)25-11-7-10-23-24-18-22(16-17-26(24)30-27(23)25)29-21-14-12-20(13-15-21)19-8-5-4-6-9-19/h4-18,29H,1-3H3. The van der Waals surface area contributed by atoms with Crippen molar-refractivity contribution in [1.82, 2.24) is 0 Å². The lowest BCUT2D eigenvalue weighted by Gasteiger charge is -2.18. The fraction of sp³-hybridized carbons (Fsp3) is 0.143. The van der Waals surface area contributed by atoms with E-state index in [1.54, 1.807) is 0 Å². The number of nitrogens with one attached hydrogen (secondary N) is 1. The highest BCUT2D eigenvalue weighted by atomic mass is 16.3. The second kappa shape index (κ2) is 7.07. The second-order valence-corrected chi connectivity index (χ2v) is 8.81. The van der Waals surface area contributed by atoms with E-state index in [4.69, 9.17) is 4.42 Å². The largest absolute Gasteiger partial charge is 0.456 e. The Labute approximate surface area is 177 Å². The molecule has 0 atom stereocenters. The van der Waals surface area contributed by atoms with Crippen LogP contribution < -0.4 is 5.32 Å². The lowest BCUT2D eigenvalue weighted by molar-refractivity contribution is 0.573. The average Bonchev–Trinajstić information content (AvgIpc) is 3.12. The van der Waals surface area contributed by atoms with Crippen LogP contribution in [-0.2, 0) is 5.41 Å². The number of hydrogen-bond acceptors (Lipinski definition) is 2. The zero-order chi connectivity index (χ0) is 20.7. The molecule has 1 N–H and O–H groups in total. The highest BCUT2D eigenvalue weighted by Gasteiger charge is 2.20. The Morgan fingerprint density at radius 1 is 0.633 bits per heavy atom. The van der Waals surface area contributed by atoms with E-state index in [2.05, 4.69) is 111 Å². The molecule has 0 fully saturated rings. The molecule has 30 heavy (non-hydrogen) atoms. The van der Waals surface area contributed by atoms with Crippen molar-refractivity contribution in [2.75, 3.05) is 5.32 Å². The number of para-hydroxylation sites is 1. The molecule has 4 aromatic carbocycles. The van der Waals surface area contributed by atoms with Crippen LogP contribution >= 0.6 is 0 Å². The van der Waals surface area contributed by atoms with Crippen LogP contribution in [0.4, 0.5) is 11.4 Å². The molecule has 0 aliphatic heterocycles. The summed E-state index contributed by atoms with van der Waals surface area (Å²) in [5, 5.41) is 5.84. The number of fused-ring (bicyclic) bond motifs is 3. The third kappa shape index (κ3) is 3.35. The summed E-state index contributed by atoms with van der Waals surface area (Å²) in [6.45, 7) is 6.67. The third-order valence-electron chi connectivity index (χ3n) is 5.59. The maximum absolute atomic E-state index is 6.25. The summed E-state index contributed by atoms with van der Waals surface area (Å²) in [7, 11) is 0. The Morgan fingerprint density at radius 3 is 2.07 bits per heavy atom. The van der Waals surface area contributed by atoms with Crippen molar-refractivity contribution in [3.63, 3.8) is 0 Å². The summed E-state index contributed by atoms with van der Waals surface area (Å²) in [5.74, 6) is 0. The maximum Gasteiger partial charge on any atom is 0.139 e. The van der Waals surface area contributed by atoms with Crippen molar-refractivity contribution < 1.29 is 4.42 Å². The van der Waals surface area contributed by atoms with Crippen molar-refractivity contribution in [3.8, 4) is 11.1 Å². The van der Waals surface area contributed by atoms with Crippen molar-refractivity contribution in [3.05, 3.63) is 96.6 Å². The molecular formula is C28H25NO. The number of benzene rings is 4. The van der Waals surface area contributed by atoms with Gasteiger partial charge < -0.3 is 9.73 Å². The molecule has 0 amide bonds. The van der Waals surface area contributed by atoms with Gasteiger partial charge in [0, 0.05) is 27.7 Å². The molecule has 2 heteroatoms. The Balaban J connectivity index is 1.49. The third-order valence-corrected chi connectivity index (χ3v) is 5.59. The Bertz CT molecular complexity index is 1320. The monoisotopic (exact) mass is 391 g/mol. The van der Waals surface area contributed by atoms with Crippen LogP contribution in [0.15, 0.2) is 95.4 Å². The molecule has 5 aromatic rings. The van der Waals surface area contributed by atoms with Crippen LogP contribution in [0.3, 0.4) is 0 Å². The summed E-state index contributed by atoms with van der Waals surface area (Å²) in [4.78, 5) is 0. The van der Waals surface area contributed by atoms with Gasteiger partial charge in [0.05, 0.1) is 0 Å². The normalized spacial score (nSPS) is 11.8. The van der Waals surface area contributed by atoms with E-state index in [1.807, 2.05) is 6.07 Å². The topological polar surface area (TPSA) is 25.2 Å². The van der Waals surface area contributed by atoms with E-state index in [-0.39, 0.29) is 5.41 Å². The van der Waals surface area contributed by atoms with Crippen molar-refractivity contribution in [1.29, 1.82) is 0 Å². The molecule has 0 unspecified atom stereocenters. The smallest absolute Gasteiger partial charge is 0.139 e. The number of furan rings is 1. The molecular weight excluding hydrogens is 366 g/mol. The molecule has 148 valence electrons. The first-order valence-electron chi connectivity index (χ1n) is 10.4. The fourth-order valence-electron chi connectivity index (χ4n) is 4.01. The first-order valence-corrected chi connectivity index (χ1v) is 10.4. The molecule has 1 aromatic heterocycles. The zero-order valence-corrected chi connectivity index (χ0v) is 17.6. The Kier molecular flexibility index (Phi) is 4.36. The predicted molar refractivity (Wildman–Crippen MR) is 128 cm³/mol. The van der Waals surface area contributed by atoms with Crippen molar-refractivity contribution >= 4 is 33.3 Å². The van der Waals surface area contributed by atoms with Crippen LogP contribution in [0.25, 0.3) is 33.1 Å². The first-order chi connectivity index (χ1) is 14.5. The van der Waals surface area contributed by atoms with Gasteiger partial charge in [-0.05, 0) is 46.9 Å². The molecule has 0 radical (unpaired) electrons. The second-order valence-electron chi connectivity index (χ2n) is 8.81. The van der Waals surface area contributed by atoms with Gasteiger partial charge in [0.25, 0.3) is 0 Å². The quantitative estimate of drug-likeness (QED) is 0.334. The van der Waals surface area contributed by atoms with Gasteiger partial charge in [-0.3, -0.25) is 0 Å². The van der Waals surface area contributed by atoms with Gasteiger partial charge in [-0.2, -0.15) is 0 Å². The Hall–Kier alpha value is -3.52. The van der Waals surface area contributed by atoms with E-state index < -0.39 is 0 Å². The van der Waals surface area contributed by atoms with Crippen LogP contribution in [0.1, 0.15) is 26.3 Å². The molecule has 0 saturated heterocycles. The average molecular weight is 392 g/mol. The van der Waals surface area contributed by atoms with Crippen LogP contribution in [0.5, 0.6) is 0 Å². The summed E-state index contributed by atoms with van der Waals surface area (Å²) in [6.07, 6.45) is 0. The maximum atomic E-state index is 6.25. The summed E-state index contributed by atoms with van der Waals surface area (Å²) in [6, 6.07) is 31.7. The first kappa shape index (κ1) is 18.5. The molecule has 0 saturated carbocycles. The van der Waals surface area contributed by atoms with Gasteiger partial charge in [-0.25, -0.2) is 0 Å². The van der Waals surface area contributed by atoms with Gasteiger partial charge in [-0.15, -0.1) is 0 Å². The number of rotatable bonds is 3. The van der Waals surface area contributed by atoms with Gasteiger partial charge in [-0.1, -0.05) is 81.4 Å². The SMILES string of the molecule is CC(C)(C)c1cccc2c1oc1ccc(Nc3ccc(-c4ccccc4)cc3)cc12. The van der Waals surface area contributed by atoms with Crippen molar-refractivity contribution in [2.45, 2.75) is 26.2 Å². The van der Waals surface area contributed by atoms with E-state index in [1.165, 1.54) is 22.1 Å². The van der Waals surface area contributed by atoms with E-state index >= 15 is 0 Å². The van der Waals surface area contributed by atoms with E-state index in [0.29, 0.717) is 0 Å². The van der Waals surface area contributed by atoms with Crippen LogP contribution in [0, 0.1) is 0 Å². The Morgan fingerprint density at radius 2 is 1.33 bits per heavy atom. The molecule has 2 nitrogen and oxygen atoms in total. The minimum Gasteiger partial charge on any atom is -0.456 e. The minimum atomic E-state index is 0.0367. The van der Waals surface area contributed by atoms with Crippen LogP contribution in [-0.4, -0.2) is 0 Å². The van der Waals surface area contributed by atoms with Gasteiger partial charge in [0.15, 0.2) is 0 Å². The molecule has 0 bridgehead atoms. The highest BCUT2D eigenvalue weighted by molar-refractivity contribution is 6.07. The van der Waals surface area contributed by atoms with Gasteiger partial charge >= 0.3 is 0 Å². The lowest BCUT2D eigenvalue weighted by Crippen LogP contribution is -2.10. The summed E-state index contributed by atoms with van der Waals surface area (Å²) >= 11 is 0. The molecule has 0 aliphatic rings. The minimum absolute atomic E-state index is 0.0367. The van der Waals surface area contributed by atoms with Gasteiger partial charge in [0.2, 0.25) is 0 Å². The van der Waals surface area contributed by atoms with E-state index in [9.17, 15) is 0 Å². The van der Waals surface area contributed by atoms with E-state index in [0.717, 1.165) is 27.9 Å². The zero-order valence-electron chi connectivity index (χ0n) is 17.6. The summed E-state index contributed by atoms with van der Waals surface area (Å²) in [5.41, 5.74) is 7.75. The number of anilines is 2. The number of hydrogen-bond donors (Lipinski definition) is 1. The van der Waals surface area contributed by atoms with Gasteiger partial charge in [0.1, 0.15) is 11.2 Å². The molecule has 0 spiro atoms. The predicted octanol–water partition coefficient (Wildman–Crippen LogP) is 8.29. The highest BCUT2D eigenvalue weighted by Crippen LogP contribution is 2.37. The van der Waals surface area contributed by atoms with Crippen LogP contribution in [0.2, 0.25) is 0 Å². The molecule has 0 aliphatic carbocycles. The summed E-state index contributed by atoms with van der Waals surface area (Å²) < 4.78 is 6.25. The molecule has 1 heterocycles. The molecule has 5 rings (SSSR count).